The van der Waals surface area contributed by atoms with E-state index in [4.69, 9.17) is 10.5 Å². The lowest BCUT2D eigenvalue weighted by molar-refractivity contribution is 0.261. The molecule has 3 N–H and O–H groups in total. The van der Waals surface area contributed by atoms with Gasteiger partial charge in [-0.1, -0.05) is 12.1 Å². The number of ether oxygens (including phenoxy) is 1. The van der Waals surface area contributed by atoms with Gasteiger partial charge in [-0.2, -0.15) is 0 Å². The molecule has 31 heavy (non-hydrogen) atoms. The molecule has 0 amide bonds. The predicted molar refractivity (Wildman–Crippen MR) is 124 cm³/mol. The second-order valence-corrected chi connectivity index (χ2v) is 7.48. The van der Waals surface area contributed by atoms with Crippen LogP contribution in [0.1, 0.15) is 24.4 Å². The Hall–Kier alpha value is -3.45. The number of likely N-dealkylation sites (N-methyl/N-ethyl adjacent to an activating group) is 1. The first-order valence-corrected chi connectivity index (χ1v) is 10.1. The van der Waals surface area contributed by atoms with Gasteiger partial charge in [0, 0.05) is 6.54 Å². The molecule has 0 fully saturated rings. The molecule has 7 heteroatoms. The van der Waals surface area contributed by atoms with Crippen molar-refractivity contribution in [2.24, 2.45) is 10.7 Å². The molecule has 3 rings (SSSR count). The first-order chi connectivity index (χ1) is 14.9. The average Bonchev–Trinajstić information content (AvgIpc) is 3.21. The van der Waals surface area contributed by atoms with Crippen LogP contribution in [-0.2, 0) is 0 Å². The van der Waals surface area contributed by atoms with E-state index in [1.165, 1.54) is 12.1 Å². The highest BCUT2D eigenvalue weighted by Crippen LogP contribution is 2.21. The normalized spacial score (nSPS) is 13.1. The molecule has 0 aliphatic carbocycles. The fraction of sp³-hybridized carbons (Fsp3) is 0.250. The zero-order valence-electron chi connectivity index (χ0n) is 18.0. The highest BCUT2D eigenvalue weighted by atomic mass is 19.1. The third kappa shape index (κ3) is 6.79. The van der Waals surface area contributed by atoms with E-state index in [2.05, 4.69) is 19.9 Å². The largest absolute Gasteiger partial charge is 0.492 e. The molecule has 0 aliphatic heterocycles. The number of amidine groups is 1. The van der Waals surface area contributed by atoms with Gasteiger partial charge in [0.25, 0.3) is 0 Å². The smallest absolute Gasteiger partial charge is 0.130 e. The maximum absolute atomic E-state index is 13.4. The fourth-order valence-corrected chi connectivity index (χ4v) is 2.92. The predicted octanol–water partition coefficient (Wildman–Crippen LogP) is 4.29. The number of nitrogens with one attached hydrogen (secondary N) is 1. The minimum atomic E-state index is -0.287. The van der Waals surface area contributed by atoms with Crippen LogP contribution in [0, 0.1) is 5.82 Å². The Kier molecular flexibility index (Phi) is 7.56. The molecule has 3 aromatic rings. The Morgan fingerprint density at radius 3 is 2.74 bits per heavy atom. The van der Waals surface area contributed by atoms with Crippen LogP contribution >= 0.6 is 0 Å². The highest BCUT2D eigenvalue weighted by Gasteiger charge is 2.05. The van der Waals surface area contributed by atoms with Gasteiger partial charge >= 0.3 is 0 Å². The first-order valence-electron chi connectivity index (χ1n) is 10.1. The summed E-state index contributed by atoms with van der Waals surface area (Å²) in [6, 6.07) is 14.0. The van der Waals surface area contributed by atoms with Crippen molar-refractivity contribution in [1.82, 2.24) is 14.9 Å². The van der Waals surface area contributed by atoms with Crippen LogP contribution in [-0.4, -0.2) is 48.0 Å². The van der Waals surface area contributed by atoms with Crippen LogP contribution in [0.5, 0.6) is 5.75 Å². The number of nitrogens with two attached hydrogens (primary N) is 1. The molecular formula is C24H28FN5O. The SMILES string of the molecule is CC(N=C(N)/C=C\c1ncc(-c2ccc(OCCN(C)C)cc2)[nH]1)c1cccc(F)c1. The van der Waals surface area contributed by atoms with Crippen molar-refractivity contribution in [3.05, 3.63) is 78.0 Å². The van der Waals surface area contributed by atoms with Crippen molar-refractivity contribution in [3.63, 3.8) is 0 Å². The second-order valence-electron chi connectivity index (χ2n) is 7.48. The maximum Gasteiger partial charge on any atom is 0.130 e. The van der Waals surface area contributed by atoms with Gasteiger partial charge in [0.15, 0.2) is 0 Å². The number of nitrogens with zero attached hydrogens (tertiary/aromatic N) is 3. The summed E-state index contributed by atoms with van der Waals surface area (Å²) in [5.41, 5.74) is 8.67. The summed E-state index contributed by atoms with van der Waals surface area (Å²) in [5.74, 6) is 1.55. The van der Waals surface area contributed by atoms with E-state index in [0.29, 0.717) is 18.3 Å². The number of imidazole rings is 1. The Bertz CT molecular complexity index is 1040. The number of aromatic amines is 1. The van der Waals surface area contributed by atoms with Gasteiger partial charge in [0.2, 0.25) is 0 Å². The molecule has 1 unspecified atom stereocenters. The van der Waals surface area contributed by atoms with Crippen molar-refractivity contribution in [2.75, 3.05) is 27.2 Å². The van der Waals surface area contributed by atoms with Gasteiger partial charge in [-0.05, 0) is 80.7 Å². The number of hydrogen-bond acceptors (Lipinski definition) is 4. The van der Waals surface area contributed by atoms with Crippen LogP contribution in [0.3, 0.4) is 0 Å². The van der Waals surface area contributed by atoms with Gasteiger partial charge < -0.3 is 20.4 Å². The molecule has 2 aromatic carbocycles. The van der Waals surface area contributed by atoms with Gasteiger partial charge in [0.1, 0.15) is 29.8 Å². The van der Waals surface area contributed by atoms with Crippen LogP contribution in [0.4, 0.5) is 4.39 Å². The molecule has 1 heterocycles. The number of halogens is 1. The van der Waals surface area contributed by atoms with Crippen molar-refractivity contribution in [3.8, 4) is 17.0 Å². The quantitative estimate of drug-likeness (QED) is 0.399. The molecule has 0 aliphatic rings. The number of rotatable bonds is 9. The van der Waals surface area contributed by atoms with Crippen LogP contribution in [0.25, 0.3) is 17.3 Å². The summed E-state index contributed by atoms with van der Waals surface area (Å²) >= 11 is 0. The van der Waals surface area contributed by atoms with E-state index in [9.17, 15) is 4.39 Å². The molecule has 0 saturated heterocycles. The van der Waals surface area contributed by atoms with E-state index in [1.807, 2.05) is 51.4 Å². The lowest BCUT2D eigenvalue weighted by Crippen LogP contribution is -2.19. The zero-order chi connectivity index (χ0) is 22.2. The molecule has 1 atom stereocenters. The van der Waals surface area contributed by atoms with Crippen molar-refractivity contribution in [1.29, 1.82) is 0 Å². The lowest BCUT2D eigenvalue weighted by atomic mass is 10.1. The van der Waals surface area contributed by atoms with Gasteiger partial charge in [-0.3, -0.25) is 4.99 Å². The molecule has 0 saturated carbocycles. The number of aromatic nitrogens is 2. The van der Waals surface area contributed by atoms with E-state index < -0.39 is 0 Å². The van der Waals surface area contributed by atoms with Crippen molar-refractivity contribution < 1.29 is 9.13 Å². The maximum atomic E-state index is 13.4. The van der Waals surface area contributed by atoms with Crippen molar-refractivity contribution in [2.45, 2.75) is 13.0 Å². The number of H-pyrrole nitrogens is 1. The Labute approximate surface area is 182 Å². The Morgan fingerprint density at radius 1 is 1.26 bits per heavy atom. The van der Waals surface area contributed by atoms with Gasteiger partial charge in [-0.15, -0.1) is 0 Å². The highest BCUT2D eigenvalue weighted by molar-refractivity contribution is 5.94. The number of benzene rings is 2. The Morgan fingerprint density at radius 2 is 2.03 bits per heavy atom. The van der Waals surface area contributed by atoms with Crippen LogP contribution in [0.2, 0.25) is 0 Å². The summed E-state index contributed by atoms with van der Waals surface area (Å²) in [6.07, 6.45) is 5.21. The summed E-state index contributed by atoms with van der Waals surface area (Å²) in [4.78, 5) is 14.1. The molecule has 6 nitrogen and oxygen atoms in total. The fourth-order valence-electron chi connectivity index (χ4n) is 2.92. The minimum Gasteiger partial charge on any atom is -0.492 e. The summed E-state index contributed by atoms with van der Waals surface area (Å²) < 4.78 is 19.1. The number of hydrogen-bond donors (Lipinski definition) is 2. The summed E-state index contributed by atoms with van der Waals surface area (Å²) in [6.45, 7) is 3.38. The van der Waals surface area contributed by atoms with E-state index in [1.54, 1.807) is 24.4 Å². The van der Waals surface area contributed by atoms with Crippen LogP contribution in [0.15, 0.2) is 65.8 Å². The lowest BCUT2D eigenvalue weighted by Gasteiger charge is -2.11. The van der Waals surface area contributed by atoms with Crippen LogP contribution < -0.4 is 10.5 Å². The standard InChI is InChI=1S/C24H28FN5O/c1-17(19-5-4-6-20(25)15-19)28-23(26)11-12-24-27-16-22(29-24)18-7-9-21(10-8-18)31-14-13-30(2)3/h4-12,15-17H,13-14H2,1-3H3,(H2,26,28)(H,27,29)/b12-11-. The summed E-state index contributed by atoms with van der Waals surface area (Å²) in [7, 11) is 4.03. The zero-order valence-corrected chi connectivity index (χ0v) is 18.0. The van der Waals surface area contributed by atoms with Crippen molar-refractivity contribution >= 4 is 11.9 Å². The van der Waals surface area contributed by atoms with Gasteiger partial charge in [0.05, 0.1) is 17.9 Å². The van der Waals surface area contributed by atoms with E-state index >= 15 is 0 Å². The third-order valence-corrected chi connectivity index (χ3v) is 4.65. The molecule has 0 radical (unpaired) electrons. The minimum absolute atomic E-state index is 0.244. The molecular weight excluding hydrogens is 393 g/mol. The molecule has 162 valence electrons. The van der Waals surface area contributed by atoms with E-state index in [-0.39, 0.29) is 11.9 Å². The molecule has 0 spiro atoms. The Balaban J connectivity index is 1.60. The first kappa shape index (κ1) is 22.2. The number of aliphatic imine (C=N–C) groups is 1. The van der Waals surface area contributed by atoms with Gasteiger partial charge in [-0.25, -0.2) is 9.37 Å². The topological polar surface area (TPSA) is 79.5 Å². The third-order valence-electron chi connectivity index (χ3n) is 4.65. The van der Waals surface area contributed by atoms with E-state index in [0.717, 1.165) is 29.1 Å². The molecule has 1 aromatic heterocycles. The monoisotopic (exact) mass is 421 g/mol. The summed E-state index contributed by atoms with van der Waals surface area (Å²) in [5, 5.41) is 0. The molecule has 0 bridgehead atoms. The average molecular weight is 422 g/mol. The second kappa shape index (κ2) is 10.5.